The van der Waals surface area contributed by atoms with Crippen LogP contribution in [0.1, 0.15) is 38.5 Å². The van der Waals surface area contributed by atoms with Crippen LogP contribution in [0.2, 0.25) is 0 Å². The Bertz CT molecular complexity index is 821. The molecular weight excluding hydrogens is 374 g/mol. The van der Waals surface area contributed by atoms with Gasteiger partial charge >= 0.3 is 0 Å². The lowest BCUT2D eigenvalue weighted by atomic mass is 9.78. The van der Waals surface area contributed by atoms with Gasteiger partial charge in [0.1, 0.15) is 5.75 Å². The molecule has 1 aliphatic carbocycles. The second kappa shape index (κ2) is 8.43. The fourth-order valence-electron chi connectivity index (χ4n) is 4.46. The molecule has 0 spiro atoms. The molecule has 2 aromatic rings. The van der Waals surface area contributed by atoms with Crippen molar-refractivity contribution >= 4 is 17.7 Å². The summed E-state index contributed by atoms with van der Waals surface area (Å²) < 4.78 is 6.64. The van der Waals surface area contributed by atoms with Gasteiger partial charge in [-0.3, -0.25) is 4.79 Å². The Balaban J connectivity index is 1.40. The van der Waals surface area contributed by atoms with Crippen LogP contribution in [0, 0.1) is 5.92 Å². The molecular formula is C20H27N5O2S. The largest absolute Gasteiger partial charge is 0.497 e. The molecule has 150 valence electrons. The Morgan fingerprint density at radius 2 is 1.93 bits per heavy atom. The van der Waals surface area contributed by atoms with Crippen molar-refractivity contribution in [3.05, 3.63) is 24.3 Å². The number of amides is 1. The van der Waals surface area contributed by atoms with Gasteiger partial charge in [0.2, 0.25) is 11.1 Å². The molecule has 4 rings (SSSR count). The van der Waals surface area contributed by atoms with E-state index in [-0.39, 0.29) is 5.91 Å². The normalized spacial score (nSPS) is 22.0. The SMILES string of the molecule is COc1ccc(-c2nnc(SCC(=O)N3CCC[C@@H]4CCCC[C@@H]43)n2N)cc1. The number of thioether (sulfide) groups is 1. The maximum absolute atomic E-state index is 12.9. The van der Waals surface area contributed by atoms with Crippen molar-refractivity contribution in [2.24, 2.45) is 5.92 Å². The van der Waals surface area contributed by atoms with E-state index in [2.05, 4.69) is 15.1 Å². The third-order valence-electron chi connectivity index (χ3n) is 5.90. The fraction of sp³-hybridized carbons (Fsp3) is 0.550. The molecule has 1 saturated carbocycles. The van der Waals surface area contributed by atoms with Gasteiger partial charge in [0.05, 0.1) is 12.9 Å². The Labute approximate surface area is 169 Å². The molecule has 2 heterocycles. The summed E-state index contributed by atoms with van der Waals surface area (Å²) in [7, 11) is 1.63. The zero-order chi connectivity index (χ0) is 19.5. The van der Waals surface area contributed by atoms with Gasteiger partial charge in [0.15, 0.2) is 5.82 Å². The van der Waals surface area contributed by atoms with Crippen molar-refractivity contribution in [1.29, 1.82) is 0 Å². The van der Waals surface area contributed by atoms with Crippen molar-refractivity contribution in [2.45, 2.75) is 49.7 Å². The molecule has 2 fully saturated rings. The highest BCUT2D eigenvalue weighted by Crippen LogP contribution is 2.35. The summed E-state index contributed by atoms with van der Waals surface area (Å²) in [6.45, 7) is 0.882. The number of nitrogen functional groups attached to an aromatic ring is 1. The van der Waals surface area contributed by atoms with Crippen molar-refractivity contribution < 1.29 is 9.53 Å². The Morgan fingerprint density at radius 3 is 2.71 bits per heavy atom. The number of rotatable bonds is 5. The van der Waals surface area contributed by atoms with Crippen LogP contribution >= 0.6 is 11.8 Å². The average Bonchev–Trinajstić information content (AvgIpc) is 3.12. The van der Waals surface area contributed by atoms with Crippen LogP contribution in [0.5, 0.6) is 5.75 Å². The number of hydrogen-bond acceptors (Lipinski definition) is 6. The van der Waals surface area contributed by atoms with E-state index in [4.69, 9.17) is 10.6 Å². The number of benzene rings is 1. The van der Waals surface area contributed by atoms with Gasteiger partial charge in [0, 0.05) is 18.2 Å². The minimum absolute atomic E-state index is 0.190. The fourth-order valence-corrected chi connectivity index (χ4v) is 5.20. The van der Waals surface area contributed by atoms with E-state index in [0.29, 0.717) is 28.7 Å². The Kier molecular flexibility index (Phi) is 5.75. The lowest BCUT2D eigenvalue weighted by molar-refractivity contribution is -0.134. The van der Waals surface area contributed by atoms with Crippen LogP contribution in [0.3, 0.4) is 0 Å². The second-order valence-corrected chi connectivity index (χ2v) is 8.48. The molecule has 0 bridgehead atoms. The van der Waals surface area contributed by atoms with Gasteiger partial charge in [-0.2, -0.15) is 0 Å². The number of aromatic nitrogens is 3. The number of carbonyl (C=O) groups is 1. The molecule has 2 N–H and O–H groups in total. The van der Waals surface area contributed by atoms with E-state index in [1.807, 2.05) is 24.3 Å². The van der Waals surface area contributed by atoms with Crippen LogP contribution in [0.25, 0.3) is 11.4 Å². The molecule has 0 radical (unpaired) electrons. The van der Waals surface area contributed by atoms with Crippen LogP contribution in [-0.4, -0.2) is 51.1 Å². The van der Waals surface area contributed by atoms with Crippen molar-refractivity contribution in [2.75, 3.05) is 25.3 Å². The zero-order valence-corrected chi connectivity index (χ0v) is 17.0. The van der Waals surface area contributed by atoms with Gasteiger partial charge in [-0.1, -0.05) is 24.6 Å². The number of carbonyl (C=O) groups excluding carboxylic acids is 1. The molecule has 2 atom stereocenters. The van der Waals surface area contributed by atoms with Gasteiger partial charge in [-0.05, 0) is 55.9 Å². The number of fused-ring (bicyclic) bond motifs is 1. The predicted octanol–water partition coefficient (Wildman–Crippen LogP) is 2.94. The van der Waals surface area contributed by atoms with E-state index in [1.165, 1.54) is 42.1 Å². The summed E-state index contributed by atoms with van der Waals surface area (Å²) in [6, 6.07) is 7.93. The number of nitrogens with two attached hydrogens (primary N) is 1. The first-order valence-electron chi connectivity index (χ1n) is 9.94. The highest BCUT2D eigenvalue weighted by Gasteiger charge is 2.35. The molecule has 1 aliphatic heterocycles. The minimum Gasteiger partial charge on any atom is -0.497 e. The smallest absolute Gasteiger partial charge is 0.233 e. The highest BCUT2D eigenvalue weighted by atomic mass is 32.2. The maximum Gasteiger partial charge on any atom is 0.233 e. The molecule has 28 heavy (non-hydrogen) atoms. The zero-order valence-electron chi connectivity index (χ0n) is 16.2. The second-order valence-electron chi connectivity index (χ2n) is 7.53. The van der Waals surface area contributed by atoms with Crippen LogP contribution in [0.4, 0.5) is 0 Å². The average molecular weight is 402 g/mol. The third kappa shape index (κ3) is 3.83. The Morgan fingerprint density at radius 1 is 1.18 bits per heavy atom. The first-order valence-corrected chi connectivity index (χ1v) is 10.9. The van der Waals surface area contributed by atoms with E-state index >= 15 is 0 Å². The molecule has 1 aromatic heterocycles. The number of piperidine rings is 1. The van der Waals surface area contributed by atoms with Gasteiger partial charge in [-0.15, -0.1) is 10.2 Å². The molecule has 7 nitrogen and oxygen atoms in total. The lowest BCUT2D eigenvalue weighted by Crippen LogP contribution is -2.50. The minimum atomic E-state index is 0.190. The summed E-state index contributed by atoms with van der Waals surface area (Å²) in [4.78, 5) is 15.0. The van der Waals surface area contributed by atoms with Gasteiger partial charge in [-0.25, -0.2) is 4.68 Å². The van der Waals surface area contributed by atoms with Gasteiger partial charge in [0.25, 0.3) is 0 Å². The molecule has 8 heteroatoms. The summed E-state index contributed by atoms with van der Waals surface area (Å²) in [5, 5.41) is 8.93. The molecule has 2 aliphatic rings. The van der Waals surface area contributed by atoms with Crippen molar-refractivity contribution in [1.82, 2.24) is 19.8 Å². The van der Waals surface area contributed by atoms with E-state index in [1.54, 1.807) is 7.11 Å². The Hall–Kier alpha value is -2.22. The van der Waals surface area contributed by atoms with Crippen molar-refractivity contribution in [3.63, 3.8) is 0 Å². The number of nitrogens with zero attached hydrogens (tertiary/aromatic N) is 4. The molecule has 1 amide bonds. The quantitative estimate of drug-likeness (QED) is 0.612. The molecule has 0 unspecified atom stereocenters. The standard InChI is InChI=1S/C20H27N5O2S/c1-27-16-10-8-15(9-11-16)19-22-23-20(25(19)21)28-13-18(26)24-12-4-6-14-5-2-3-7-17(14)24/h8-11,14,17H,2-7,12-13,21H2,1H3/t14-,17-/m0/s1. The summed E-state index contributed by atoms with van der Waals surface area (Å²) in [5.41, 5.74) is 0.857. The van der Waals surface area contributed by atoms with E-state index in [9.17, 15) is 4.79 Å². The first kappa shape index (κ1) is 19.1. The molecule has 1 aromatic carbocycles. The number of methoxy groups -OCH3 is 1. The monoisotopic (exact) mass is 401 g/mol. The summed E-state index contributed by atoms with van der Waals surface area (Å²) in [6.07, 6.45) is 7.35. The first-order chi connectivity index (χ1) is 13.7. The summed E-state index contributed by atoms with van der Waals surface area (Å²) in [5.74, 6) is 8.77. The van der Waals surface area contributed by atoms with Crippen LogP contribution in [0.15, 0.2) is 29.4 Å². The van der Waals surface area contributed by atoms with Crippen LogP contribution < -0.4 is 10.6 Å². The predicted molar refractivity (Wildman–Crippen MR) is 110 cm³/mol. The van der Waals surface area contributed by atoms with E-state index in [0.717, 1.165) is 30.7 Å². The third-order valence-corrected chi connectivity index (χ3v) is 6.83. The van der Waals surface area contributed by atoms with E-state index < -0.39 is 0 Å². The van der Waals surface area contributed by atoms with Gasteiger partial charge < -0.3 is 15.5 Å². The van der Waals surface area contributed by atoms with Crippen molar-refractivity contribution in [3.8, 4) is 17.1 Å². The summed E-state index contributed by atoms with van der Waals surface area (Å²) >= 11 is 1.36. The highest BCUT2D eigenvalue weighted by molar-refractivity contribution is 7.99. The van der Waals surface area contributed by atoms with Crippen LogP contribution in [-0.2, 0) is 4.79 Å². The maximum atomic E-state index is 12.9. The topological polar surface area (TPSA) is 86.3 Å². The number of likely N-dealkylation sites (tertiary alicyclic amines) is 1. The number of hydrogen-bond donors (Lipinski definition) is 1. The number of ether oxygens (including phenoxy) is 1. The lowest BCUT2D eigenvalue weighted by Gasteiger charge is -2.44. The molecule has 1 saturated heterocycles.